The van der Waals surface area contributed by atoms with E-state index in [1.807, 2.05) is 23.1 Å². The van der Waals surface area contributed by atoms with Gasteiger partial charge in [-0.05, 0) is 50.2 Å². The number of carboxylic acids is 1. The molecule has 0 radical (unpaired) electrons. The molecule has 1 aromatic rings. The lowest BCUT2D eigenvalue weighted by atomic mass is 9.80. The molecule has 5 rings (SSSR count). The number of hydrogen-bond donors (Lipinski definition) is 1. The normalized spacial score (nSPS) is 23.3. The summed E-state index contributed by atoms with van der Waals surface area (Å²) in [5.74, 6) is -2.08. The predicted octanol–water partition coefficient (Wildman–Crippen LogP) is 7.00. The lowest BCUT2D eigenvalue weighted by molar-refractivity contribution is -0.192. The highest BCUT2D eigenvalue weighted by Gasteiger charge is 2.55. The minimum Gasteiger partial charge on any atom is -0.475 e. The number of carboxylic acid groups (broad SMARTS) is 1. The van der Waals surface area contributed by atoms with Crippen molar-refractivity contribution in [2.45, 2.75) is 108 Å². The Bertz CT molecular complexity index is 1130. The van der Waals surface area contributed by atoms with Crippen molar-refractivity contribution in [3.63, 3.8) is 0 Å². The van der Waals surface area contributed by atoms with Crippen molar-refractivity contribution >= 4 is 29.6 Å². The Morgan fingerprint density at radius 3 is 2.20 bits per heavy atom. The topological polar surface area (TPSA) is 90.4 Å². The number of hydrogen-bond acceptors (Lipinski definition) is 5. The van der Waals surface area contributed by atoms with Crippen LogP contribution in [0.1, 0.15) is 94.3 Å². The van der Waals surface area contributed by atoms with Crippen molar-refractivity contribution in [1.29, 1.82) is 0 Å². The predicted molar refractivity (Wildman–Crippen MR) is 161 cm³/mol. The molecule has 1 saturated carbocycles. The summed E-state index contributed by atoms with van der Waals surface area (Å²) >= 11 is 6.27. The number of benzene rings is 1. The molecule has 1 N–H and O–H groups in total. The number of alkyl halides is 3. The fourth-order valence-electron chi connectivity index (χ4n) is 7.32. The number of rotatable bonds is 7. The summed E-state index contributed by atoms with van der Waals surface area (Å²) in [6, 6.07) is 8.03. The third-order valence-electron chi connectivity index (χ3n) is 9.78. The highest BCUT2D eigenvalue weighted by molar-refractivity contribution is 6.33. The van der Waals surface area contributed by atoms with Crippen LogP contribution in [0.2, 0.25) is 5.02 Å². The molecule has 8 nitrogen and oxygen atoms in total. The van der Waals surface area contributed by atoms with Crippen LogP contribution in [-0.4, -0.2) is 94.4 Å². The molecule has 1 atom stereocenters. The highest BCUT2D eigenvalue weighted by atomic mass is 35.5. The van der Waals surface area contributed by atoms with E-state index in [1.165, 1.54) is 32.1 Å². The zero-order valence-corrected chi connectivity index (χ0v) is 26.3. The first-order valence-corrected chi connectivity index (χ1v) is 16.4. The first-order valence-electron chi connectivity index (χ1n) is 16.0. The molecule has 2 amide bonds. The number of likely N-dealkylation sites (tertiary alicyclic amines) is 2. The second-order valence-electron chi connectivity index (χ2n) is 12.6. The Hall–Kier alpha value is -2.53. The summed E-state index contributed by atoms with van der Waals surface area (Å²) in [5, 5.41) is 7.65. The molecule has 1 aliphatic carbocycles. The van der Waals surface area contributed by atoms with Crippen molar-refractivity contribution in [2.75, 3.05) is 32.7 Å². The standard InChI is InChI=1S/C30H44ClN3O3.C2HF3O2/c1-2-3-13-27-30(37-29(36)34(27)22-23-9-5-4-6-10-23)16-20-32(21-17-30)24-14-18-33(19-15-24)28(35)25-11-7-8-12-26(25)31;3-2(4,5)1(6)7/h7-8,11-12,23-24,27H,2-6,9-10,13-22H2,1H3;(H,6,7). The zero-order valence-electron chi connectivity index (χ0n) is 25.5. The maximum absolute atomic E-state index is 13.2. The van der Waals surface area contributed by atoms with E-state index in [4.69, 9.17) is 26.2 Å². The number of aliphatic carboxylic acids is 1. The van der Waals surface area contributed by atoms with Crippen molar-refractivity contribution in [3.05, 3.63) is 34.9 Å². The summed E-state index contributed by atoms with van der Waals surface area (Å²) in [5.41, 5.74) is 0.277. The maximum atomic E-state index is 13.2. The molecule has 12 heteroatoms. The molecule has 4 fully saturated rings. The molecule has 1 spiro atoms. The lowest BCUT2D eigenvalue weighted by Gasteiger charge is -2.46. The Morgan fingerprint density at radius 2 is 1.64 bits per heavy atom. The van der Waals surface area contributed by atoms with Crippen LogP contribution < -0.4 is 0 Å². The van der Waals surface area contributed by atoms with Crippen LogP contribution in [0.15, 0.2) is 24.3 Å². The molecular weight excluding hydrogens is 599 g/mol. The van der Waals surface area contributed by atoms with Crippen molar-refractivity contribution in [2.24, 2.45) is 5.92 Å². The molecule has 44 heavy (non-hydrogen) atoms. The molecule has 3 aliphatic heterocycles. The molecule has 1 aromatic carbocycles. The number of amides is 2. The maximum Gasteiger partial charge on any atom is 0.490 e. The molecule has 3 saturated heterocycles. The number of carbonyl (C=O) groups excluding carboxylic acids is 2. The van der Waals surface area contributed by atoms with Gasteiger partial charge < -0.3 is 19.6 Å². The van der Waals surface area contributed by atoms with Gasteiger partial charge in [0.05, 0.1) is 16.6 Å². The molecule has 1 unspecified atom stereocenters. The van der Waals surface area contributed by atoms with Gasteiger partial charge in [0.2, 0.25) is 0 Å². The van der Waals surface area contributed by atoms with Gasteiger partial charge in [0, 0.05) is 51.6 Å². The van der Waals surface area contributed by atoms with E-state index in [0.717, 1.165) is 77.7 Å². The Labute approximate surface area is 262 Å². The summed E-state index contributed by atoms with van der Waals surface area (Å²) < 4.78 is 38.0. The average Bonchev–Trinajstić information content (AvgIpc) is 3.25. The average molecular weight is 644 g/mol. The van der Waals surface area contributed by atoms with Gasteiger partial charge in [0.25, 0.3) is 5.91 Å². The van der Waals surface area contributed by atoms with Crippen LogP contribution in [0, 0.1) is 5.92 Å². The van der Waals surface area contributed by atoms with Gasteiger partial charge in [0.1, 0.15) is 5.60 Å². The first kappa shape index (κ1) is 34.3. The molecule has 246 valence electrons. The third-order valence-corrected chi connectivity index (χ3v) is 10.1. The Balaban J connectivity index is 0.000000566. The number of carbonyl (C=O) groups is 3. The molecular formula is C32H45ClF3N3O5. The largest absolute Gasteiger partial charge is 0.490 e. The van der Waals surface area contributed by atoms with Crippen LogP contribution in [0.4, 0.5) is 18.0 Å². The van der Waals surface area contributed by atoms with Crippen molar-refractivity contribution in [3.8, 4) is 0 Å². The summed E-state index contributed by atoms with van der Waals surface area (Å²) in [7, 11) is 0. The van der Waals surface area contributed by atoms with E-state index in [9.17, 15) is 22.8 Å². The van der Waals surface area contributed by atoms with Crippen LogP contribution in [0.5, 0.6) is 0 Å². The number of halogens is 4. The van der Waals surface area contributed by atoms with Crippen LogP contribution in [0.3, 0.4) is 0 Å². The summed E-state index contributed by atoms with van der Waals surface area (Å²) in [6.45, 7) is 6.59. The molecule has 4 aliphatic rings. The van der Waals surface area contributed by atoms with E-state index >= 15 is 0 Å². The smallest absolute Gasteiger partial charge is 0.475 e. The number of unbranched alkanes of at least 4 members (excludes halogenated alkanes) is 1. The zero-order chi connectivity index (χ0) is 31.9. The van der Waals surface area contributed by atoms with Gasteiger partial charge in [-0.2, -0.15) is 13.2 Å². The number of ether oxygens (including phenoxy) is 1. The lowest BCUT2D eigenvalue weighted by Crippen LogP contribution is -2.56. The van der Waals surface area contributed by atoms with Gasteiger partial charge >= 0.3 is 18.2 Å². The monoisotopic (exact) mass is 643 g/mol. The second-order valence-corrected chi connectivity index (χ2v) is 13.0. The second kappa shape index (κ2) is 15.2. The quantitative estimate of drug-likeness (QED) is 0.344. The van der Waals surface area contributed by atoms with Crippen molar-refractivity contribution in [1.82, 2.24) is 14.7 Å². The third kappa shape index (κ3) is 8.38. The highest BCUT2D eigenvalue weighted by Crippen LogP contribution is 2.43. The van der Waals surface area contributed by atoms with Gasteiger partial charge in [-0.3, -0.25) is 9.69 Å². The van der Waals surface area contributed by atoms with Gasteiger partial charge in [-0.25, -0.2) is 9.59 Å². The van der Waals surface area contributed by atoms with Crippen LogP contribution in [-0.2, 0) is 9.53 Å². The summed E-state index contributed by atoms with van der Waals surface area (Å²) in [4.78, 5) is 41.7. The van der Waals surface area contributed by atoms with E-state index < -0.39 is 12.1 Å². The van der Waals surface area contributed by atoms with Gasteiger partial charge in [-0.15, -0.1) is 0 Å². The van der Waals surface area contributed by atoms with Crippen LogP contribution in [0.25, 0.3) is 0 Å². The number of piperidine rings is 2. The molecule has 3 heterocycles. The number of nitrogens with zero attached hydrogens (tertiary/aromatic N) is 3. The molecule has 0 aromatic heterocycles. The van der Waals surface area contributed by atoms with E-state index in [2.05, 4.69) is 16.7 Å². The van der Waals surface area contributed by atoms with E-state index in [0.29, 0.717) is 22.5 Å². The first-order chi connectivity index (χ1) is 20.9. The minimum absolute atomic E-state index is 0.0383. The van der Waals surface area contributed by atoms with E-state index in [1.54, 1.807) is 6.07 Å². The van der Waals surface area contributed by atoms with Crippen LogP contribution >= 0.6 is 11.6 Å². The van der Waals surface area contributed by atoms with Gasteiger partial charge in [0.15, 0.2) is 0 Å². The Morgan fingerprint density at radius 1 is 1.02 bits per heavy atom. The minimum atomic E-state index is -5.08. The van der Waals surface area contributed by atoms with Gasteiger partial charge in [-0.1, -0.05) is 62.8 Å². The fraction of sp³-hybridized carbons (Fsp3) is 0.719. The summed E-state index contributed by atoms with van der Waals surface area (Å²) in [6.07, 6.45) is 8.46. The Kier molecular flexibility index (Phi) is 11.8. The van der Waals surface area contributed by atoms with Crippen molar-refractivity contribution < 1.29 is 37.4 Å². The van der Waals surface area contributed by atoms with E-state index in [-0.39, 0.29) is 23.6 Å². The SMILES string of the molecule is CCCCC1N(CC2CCCCC2)C(=O)OC12CCN(C1CCN(C(=O)c3ccccc3Cl)CC1)CC2.O=C(O)C(F)(F)F. The fourth-order valence-corrected chi connectivity index (χ4v) is 7.54. The molecule has 0 bridgehead atoms.